The summed E-state index contributed by atoms with van der Waals surface area (Å²) >= 11 is 0. The maximum atomic E-state index is 4.76. The Hall–Kier alpha value is -3.55. The van der Waals surface area contributed by atoms with Crippen molar-refractivity contribution >= 4 is 28.7 Å². The van der Waals surface area contributed by atoms with Gasteiger partial charge in [0.05, 0.1) is 6.20 Å². The van der Waals surface area contributed by atoms with Gasteiger partial charge in [-0.15, -0.1) is 0 Å². The first kappa shape index (κ1) is 15.7. The maximum absolute atomic E-state index is 4.76. The SMILES string of the molecule is CNc1nccc(-c2nc3cnc(Nc4ccccc4)nc3n2C2CC2)n1. The summed E-state index contributed by atoms with van der Waals surface area (Å²) in [5, 5.41) is 6.23. The topological polar surface area (TPSA) is 93.4 Å². The molecule has 1 saturated carbocycles. The number of imidazole rings is 1. The van der Waals surface area contributed by atoms with E-state index in [0.717, 1.165) is 41.2 Å². The van der Waals surface area contributed by atoms with E-state index in [0.29, 0.717) is 17.9 Å². The lowest BCUT2D eigenvalue weighted by Crippen LogP contribution is -2.03. The highest BCUT2D eigenvalue weighted by molar-refractivity contribution is 5.77. The van der Waals surface area contributed by atoms with E-state index in [4.69, 9.17) is 9.97 Å². The fourth-order valence-electron chi connectivity index (χ4n) is 3.06. The molecular weight excluding hydrogens is 340 g/mol. The highest BCUT2D eigenvalue weighted by Gasteiger charge is 2.30. The molecule has 3 heterocycles. The molecule has 1 aliphatic carbocycles. The van der Waals surface area contributed by atoms with Crippen molar-refractivity contribution in [3.05, 3.63) is 48.8 Å². The summed E-state index contributed by atoms with van der Waals surface area (Å²) < 4.78 is 2.18. The van der Waals surface area contributed by atoms with E-state index in [-0.39, 0.29) is 0 Å². The second kappa shape index (κ2) is 6.31. The fourth-order valence-corrected chi connectivity index (χ4v) is 3.06. The predicted octanol–water partition coefficient (Wildman–Crippen LogP) is 3.40. The minimum Gasteiger partial charge on any atom is -0.357 e. The van der Waals surface area contributed by atoms with Gasteiger partial charge in [0.25, 0.3) is 0 Å². The van der Waals surface area contributed by atoms with Gasteiger partial charge in [0.2, 0.25) is 11.9 Å². The Bertz CT molecular complexity index is 1100. The molecule has 4 aromatic rings. The molecule has 0 amide bonds. The third kappa shape index (κ3) is 2.95. The standard InChI is InChI=1S/C19H18N8/c1-20-18-21-10-9-14(25-18)16-24-15-11-22-19(23-12-5-3-2-4-6-12)26-17(15)27(16)13-7-8-13/h2-6,9-11,13H,7-8H2,1H3,(H,20,21,25)(H,22,23,26). The van der Waals surface area contributed by atoms with Crippen molar-refractivity contribution in [2.75, 3.05) is 17.7 Å². The first-order chi connectivity index (χ1) is 13.3. The van der Waals surface area contributed by atoms with Crippen LogP contribution >= 0.6 is 0 Å². The van der Waals surface area contributed by atoms with Gasteiger partial charge >= 0.3 is 0 Å². The molecule has 0 saturated heterocycles. The molecule has 3 aromatic heterocycles. The van der Waals surface area contributed by atoms with E-state index in [9.17, 15) is 0 Å². The largest absolute Gasteiger partial charge is 0.357 e. The Morgan fingerprint density at radius 2 is 1.81 bits per heavy atom. The molecule has 1 fully saturated rings. The normalized spacial score (nSPS) is 13.7. The molecule has 8 nitrogen and oxygen atoms in total. The van der Waals surface area contributed by atoms with Crippen LogP contribution in [0.15, 0.2) is 48.8 Å². The number of nitrogens with one attached hydrogen (secondary N) is 2. The van der Waals surface area contributed by atoms with Gasteiger partial charge in [-0.05, 0) is 31.0 Å². The van der Waals surface area contributed by atoms with Crippen molar-refractivity contribution in [1.29, 1.82) is 0 Å². The summed E-state index contributed by atoms with van der Waals surface area (Å²) in [6, 6.07) is 12.2. The zero-order chi connectivity index (χ0) is 18.2. The van der Waals surface area contributed by atoms with Crippen molar-refractivity contribution in [2.45, 2.75) is 18.9 Å². The number of fused-ring (bicyclic) bond motifs is 1. The van der Waals surface area contributed by atoms with Gasteiger partial charge in [0.1, 0.15) is 11.2 Å². The Balaban J connectivity index is 1.61. The Kier molecular flexibility index (Phi) is 3.67. The summed E-state index contributed by atoms with van der Waals surface area (Å²) in [6.45, 7) is 0. The molecule has 5 rings (SSSR count). The molecule has 27 heavy (non-hydrogen) atoms. The fraction of sp³-hybridized carbons (Fsp3) is 0.211. The number of aromatic nitrogens is 6. The zero-order valence-electron chi connectivity index (χ0n) is 14.8. The first-order valence-corrected chi connectivity index (χ1v) is 8.90. The van der Waals surface area contributed by atoms with Crippen molar-refractivity contribution < 1.29 is 0 Å². The molecule has 0 atom stereocenters. The number of rotatable bonds is 5. The Morgan fingerprint density at radius 3 is 2.59 bits per heavy atom. The van der Waals surface area contributed by atoms with Crippen LogP contribution in [0.1, 0.15) is 18.9 Å². The summed E-state index contributed by atoms with van der Waals surface area (Å²) in [7, 11) is 1.80. The quantitative estimate of drug-likeness (QED) is 0.565. The van der Waals surface area contributed by atoms with Crippen molar-refractivity contribution in [3.63, 3.8) is 0 Å². The molecular formula is C19H18N8. The molecule has 0 spiro atoms. The molecule has 0 unspecified atom stereocenters. The number of benzene rings is 1. The highest BCUT2D eigenvalue weighted by atomic mass is 15.2. The van der Waals surface area contributed by atoms with Crippen LogP contribution in [0.25, 0.3) is 22.7 Å². The zero-order valence-corrected chi connectivity index (χ0v) is 14.8. The van der Waals surface area contributed by atoms with Crippen molar-refractivity contribution in [2.24, 2.45) is 0 Å². The second-order valence-electron chi connectivity index (χ2n) is 6.45. The van der Waals surface area contributed by atoms with Gasteiger partial charge in [0, 0.05) is 25.0 Å². The smallest absolute Gasteiger partial charge is 0.229 e. The van der Waals surface area contributed by atoms with E-state index < -0.39 is 0 Å². The monoisotopic (exact) mass is 358 g/mol. The van der Waals surface area contributed by atoms with Gasteiger partial charge in [-0.1, -0.05) is 18.2 Å². The van der Waals surface area contributed by atoms with Crippen LogP contribution in [0.2, 0.25) is 0 Å². The lowest BCUT2D eigenvalue weighted by Gasteiger charge is -2.08. The van der Waals surface area contributed by atoms with Crippen LogP contribution in [-0.2, 0) is 0 Å². The van der Waals surface area contributed by atoms with Crippen LogP contribution in [0, 0.1) is 0 Å². The highest BCUT2D eigenvalue weighted by Crippen LogP contribution is 2.40. The average molecular weight is 358 g/mol. The number of para-hydroxylation sites is 1. The molecule has 1 aromatic carbocycles. The lowest BCUT2D eigenvalue weighted by molar-refractivity contribution is 0.763. The van der Waals surface area contributed by atoms with Crippen molar-refractivity contribution in [3.8, 4) is 11.5 Å². The van der Waals surface area contributed by atoms with E-state index in [1.165, 1.54) is 0 Å². The Morgan fingerprint density at radius 1 is 0.963 bits per heavy atom. The molecule has 8 heteroatoms. The molecule has 1 aliphatic rings. The molecule has 0 radical (unpaired) electrons. The minimum atomic E-state index is 0.400. The summed E-state index contributed by atoms with van der Waals surface area (Å²) in [5.74, 6) is 1.93. The first-order valence-electron chi connectivity index (χ1n) is 8.90. The molecule has 0 aliphatic heterocycles. The van der Waals surface area contributed by atoms with Crippen LogP contribution in [0.5, 0.6) is 0 Å². The molecule has 134 valence electrons. The molecule has 0 bridgehead atoms. The summed E-state index contributed by atoms with van der Waals surface area (Å²) in [6.07, 6.45) is 5.73. The van der Waals surface area contributed by atoms with E-state index >= 15 is 0 Å². The lowest BCUT2D eigenvalue weighted by atomic mass is 10.3. The number of hydrogen-bond donors (Lipinski definition) is 2. The predicted molar refractivity (Wildman–Crippen MR) is 104 cm³/mol. The van der Waals surface area contributed by atoms with Gasteiger partial charge in [-0.25, -0.2) is 19.9 Å². The third-order valence-electron chi connectivity index (χ3n) is 4.48. The van der Waals surface area contributed by atoms with Crippen LogP contribution in [0.3, 0.4) is 0 Å². The third-order valence-corrected chi connectivity index (χ3v) is 4.48. The second-order valence-corrected chi connectivity index (χ2v) is 6.45. The summed E-state index contributed by atoms with van der Waals surface area (Å²) in [5.41, 5.74) is 3.31. The minimum absolute atomic E-state index is 0.400. The average Bonchev–Trinajstić information content (AvgIpc) is 3.49. The van der Waals surface area contributed by atoms with Crippen LogP contribution in [-0.4, -0.2) is 36.5 Å². The molecule has 2 N–H and O–H groups in total. The summed E-state index contributed by atoms with van der Waals surface area (Å²) in [4.78, 5) is 22.7. The van der Waals surface area contributed by atoms with E-state index in [1.807, 2.05) is 36.4 Å². The number of nitrogens with zero attached hydrogens (tertiary/aromatic N) is 6. The van der Waals surface area contributed by atoms with Gasteiger partial charge in [-0.3, -0.25) is 0 Å². The van der Waals surface area contributed by atoms with E-state index in [2.05, 4.69) is 30.2 Å². The maximum Gasteiger partial charge on any atom is 0.229 e. The van der Waals surface area contributed by atoms with Gasteiger partial charge in [0.15, 0.2) is 11.5 Å². The van der Waals surface area contributed by atoms with Gasteiger partial charge < -0.3 is 15.2 Å². The van der Waals surface area contributed by atoms with Crippen molar-refractivity contribution in [1.82, 2.24) is 29.5 Å². The number of anilines is 3. The van der Waals surface area contributed by atoms with Crippen LogP contribution in [0.4, 0.5) is 17.6 Å². The van der Waals surface area contributed by atoms with E-state index in [1.54, 1.807) is 19.4 Å². The van der Waals surface area contributed by atoms with Crippen LogP contribution < -0.4 is 10.6 Å². The Labute approximate surface area is 155 Å². The number of hydrogen-bond acceptors (Lipinski definition) is 7. The van der Waals surface area contributed by atoms with Gasteiger partial charge in [-0.2, -0.15) is 4.98 Å².